The van der Waals surface area contributed by atoms with Crippen LogP contribution in [0, 0.1) is 6.92 Å². The van der Waals surface area contributed by atoms with Gasteiger partial charge in [0.05, 0.1) is 5.56 Å². The molecule has 1 heterocycles. The molecule has 1 amide bonds. The van der Waals surface area contributed by atoms with E-state index in [2.05, 4.69) is 10.3 Å². The molecule has 0 unspecified atom stereocenters. The van der Waals surface area contributed by atoms with E-state index in [0.29, 0.717) is 22.5 Å². The number of aromatic nitrogens is 1. The summed E-state index contributed by atoms with van der Waals surface area (Å²) >= 11 is 0. The van der Waals surface area contributed by atoms with Crippen LogP contribution in [0.25, 0.3) is 11.1 Å². The van der Waals surface area contributed by atoms with Gasteiger partial charge in [-0.3, -0.25) is 4.79 Å². The van der Waals surface area contributed by atoms with E-state index in [9.17, 15) is 18.0 Å². The molecule has 0 aliphatic carbocycles. The first-order valence-electron chi connectivity index (χ1n) is 6.19. The van der Waals surface area contributed by atoms with Gasteiger partial charge in [-0.15, -0.1) is 0 Å². The van der Waals surface area contributed by atoms with Crippen LogP contribution in [0.4, 0.5) is 19.0 Å². The summed E-state index contributed by atoms with van der Waals surface area (Å²) in [6, 6.07) is 6.73. The molecule has 0 saturated heterocycles. The summed E-state index contributed by atoms with van der Waals surface area (Å²) < 4.78 is 38.1. The lowest BCUT2D eigenvalue weighted by Crippen LogP contribution is -2.09. The maximum atomic E-state index is 12.7. The van der Waals surface area contributed by atoms with Crippen LogP contribution in [-0.4, -0.2) is 10.9 Å². The Kier molecular flexibility index (Phi) is 3.97. The minimum absolute atomic E-state index is 0.252. The van der Waals surface area contributed by atoms with E-state index < -0.39 is 11.7 Å². The number of anilines is 1. The highest BCUT2D eigenvalue weighted by atomic mass is 19.4. The Hall–Kier alpha value is -2.37. The van der Waals surface area contributed by atoms with Gasteiger partial charge in [0.2, 0.25) is 5.91 Å². The zero-order valence-electron chi connectivity index (χ0n) is 11.5. The maximum absolute atomic E-state index is 12.7. The zero-order chi connectivity index (χ0) is 15.6. The standard InChI is InChI=1S/C15H13F3N2O/c1-9-6-12(8-19-14(9)20-10(2)21)11-4-3-5-13(7-11)15(16,17)18/h3-8H,1-2H3,(H,19,20,21). The van der Waals surface area contributed by atoms with E-state index in [1.165, 1.54) is 19.2 Å². The Morgan fingerprint density at radius 1 is 1.19 bits per heavy atom. The Morgan fingerprint density at radius 3 is 2.48 bits per heavy atom. The minimum atomic E-state index is -4.38. The fourth-order valence-electron chi connectivity index (χ4n) is 1.91. The second-order valence-electron chi connectivity index (χ2n) is 4.65. The van der Waals surface area contributed by atoms with Crippen molar-refractivity contribution in [1.29, 1.82) is 0 Å². The molecule has 1 aromatic carbocycles. The van der Waals surface area contributed by atoms with E-state index in [-0.39, 0.29) is 5.91 Å². The number of alkyl halides is 3. The van der Waals surface area contributed by atoms with Crippen molar-refractivity contribution in [2.24, 2.45) is 0 Å². The van der Waals surface area contributed by atoms with E-state index in [1.807, 2.05) is 0 Å². The summed E-state index contributed by atoms with van der Waals surface area (Å²) in [7, 11) is 0. The predicted octanol–water partition coefficient (Wildman–Crippen LogP) is 4.03. The zero-order valence-corrected chi connectivity index (χ0v) is 11.5. The molecular formula is C15H13F3N2O. The highest BCUT2D eigenvalue weighted by Gasteiger charge is 2.30. The molecule has 1 aromatic heterocycles. The number of rotatable bonds is 2. The molecule has 0 aliphatic rings. The first-order chi connectivity index (χ1) is 9.77. The Morgan fingerprint density at radius 2 is 1.90 bits per heavy atom. The van der Waals surface area contributed by atoms with Crippen LogP contribution >= 0.6 is 0 Å². The number of carbonyl (C=O) groups excluding carboxylic acids is 1. The lowest BCUT2D eigenvalue weighted by Gasteiger charge is -2.10. The third-order valence-corrected chi connectivity index (χ3v) is 2.90. The normalized spacial score (nSPS) is 11.3. The van der Waals surface area contributed by atoms with Crippen LogP contribution in [0.1, 0.15) is 18.1 Å². The summed E-state index contributed by atoms with van der Waals surface area (Å²) in [6.07, 6.45) is -2.94. The monoisotopic (exact) mass is 294 g/mol. The highest BCUT2D eigenvalue weighted by Crippen LogP contribution is 2.32. The summed E-state index contributed by atoms with van der Waals surface area (Å²) in [4.78, 5) is 15.1. The molecule has 110 valence electrons. The molecule has 0 radical (unpaired) electrons. The number of pyridine rings is 1. The Balaban J connectivity index is 2.39. The number of aryl methyl sites for hydroxylation is 1. The molecule has 0 saturated carbocycles. The molecule has 2 aromatic rings. The van der Waals surface area contributed by atoms with Crippen molar-refractivity contribution in [1.82, 2.24) is 4.98 Å². The van der Waals surface area contributed by atoms with Gasteiger partial charge in [0.15, 0.2) is 0 Å². The van der Waals surface area contributed by atoms with Gasteiger partial charge in [-0.1, -0.05) is 12.1 Å². The molecule has 1 N–H and O–H groups in total. The maximum Gasteiger partial charge on any atom is 0.416 e. The average Bonchev–Trinajstić information content (AvgIpc) is 2.40. The molecule has 0 fully saturated rings. The second-order valence-corrected chi connectivity index (χ2v) is 4.65. The number of amides is 1. The lowest BCUT2D eigenvalue weighted by atomic mass is 10.0. The van der Waals surface area contributed by atoms with Gasteiger partial charge in [0.25, 0.3) is 0 Å². The van der Waals surface area contributed by atoms with Crippen LogP contribution in [0.2, 0.25) is 0 Å². The molecular weight excluding hydrogens is 281 g/mol. The first kappa shape index (κ1) is 15.0. The highest BCUT2D eigenvalue weighted by molar-refractivity contribution is 5.88. The number of hydrogen-bond acceptors (Lipinski definition) is 2. The predicted molar refractivity (Wildman–Crippen MR) is 73.7 cm³/mol. The fourth-order valence-corrected chi connectivity index (χ4v) is 1.91. The van der Waals surface area contributed by atoms with Crippen molar-refractivity contribution in [2.45, 2.75) is 20.0 Å². The van der Waals surface area contributed by atoms with Gasteiger partial charge >= 0.3 is 6.18 Å². The van der Waals surface area contributed by atoms with Gasteiger partial charge in [-0.05, 0) is 36.2 Å². The van der Waals surface area contributed by atoms with Crippen molar-refractivity contribution in [3.8, 4) is 11.1 Å². The Labute approximate surface area is 119 Å². The lowest BCUT2D eigenvalue weighted by molar-refractivity contribution is -0.137. The third-order valence-electron chi connectivity index (χ3n) is 2.90. The molecule has 6 heteroatoms. The van der Waals surface area contributed by atoms with E-state index in [0.717, 1.165) is 12.1 Å². The molecule has 21 heavy (non-hydrogen) atoms. The van der Waals surface area contributed by atoms with E-state index in [4.69, 9.17) is 0 Å². The quantitative estimate of drug-likeness (QED) is 0.908. The van der Waals surface area contributed by atoms with Crippen molar-refractivity contribution in [3.05, 3.63) is 47.7 Å². The van der Waals surface area contributed by atoms with Gasteiger partial charge in [0.1, 0.15) is 5.82 Å². The second kappa shape index (κ2) is 5.55. The fraction of sp³-hybridized carbons (Fsp3) is 0.200. The van der Waals surface area contributed by atoms with Crippen molar-refractivity contribution < 1.29 is 18.0 Å². The topological polar surface area (TPSA) is 42.0 Å². The summed E-state index contributed by atoms with van der Waals surface area (Å²) in [5, 5.41) is 2.56. The molecule has 0 aliphatic heterocycles. The summed E-state index contributed by atoms with van der Waals surface area (Å²) in [6.45, 7) is 3.09. The largest absolute Gasteiger partial charge is 0.416 e. The van der Waals surface area contributed by atoms with Gasteiger partial charge in [0, 0.05) is 18.7 Å². The Bertz CT molecular complexity index is 681. The van der Waals surface area contributed by atoms with Crippen molar-refractivity contribution >= 4 is 11.7 Å². The number of halogens is 3. The smallest absolute Gasteiger partial charge is 0.311 e. The van der Waals surface area contributed by atoms with Crippen LogP contribution in [0.3, 0.4) is 0 Å². The number of nitrogens with one attached hydrogen (secondary N) is 1. The van der Waals surface area contributed by atoms with Gasteiger partial charge < -0.3 is 5.32 Å². The van der Waals surface area contributed by atoms with Crippen LogP contribution in [0.15, 0.2) is 36.5 Å². The molecule has 0 atom stereocenters. The SMILES string of the molecule is CC(=O)Nc1ncc(-c2cccc(C(F)(F)F)c2)cc1C. The average molecular weight is 294 g/mol. The number of hydrogen-bond donors (Lipinski definition) is 1. The first-order valence-corrected chi connectivity index (χ1v) is 6.19. The van der Waals surface area contributed by atoms with Crippen LogP contribution in [0.5, 0.6) is 0 Å². The number of nitrogens with zero attached hydrogens (tertiary/aromatic N) is 1. The molecule has 3 nitrogen and oxygen atoms in total. The minimum Gasteiger partial charge on any atom is -0.311 e. The van der Waals surface area contributed by atoms with E-state index >= 15 is 0 Å². The van der Waals surface area contributed by atoms with Crippen LogP contribution in [-0.2, 0) is 11.0 Å². The van der Waals surface area contributed by atoms with Crippen molar-refractivity contribution in [2.75, 3.05) is 5.32 Å². The number of carbonyl (C=O) groups is 1. The summed E-state index contributed by atoms with van der Waals surface area (Å²) in [5.41, 5.74) is 0.964. The molecule has 0 bridgehead atoms. The van der Waals surface area contributed by atoms with Gasteiger partial charge in [-0.25, -0.2) is 4.98 Å². The van der Waals surface area contributed by atoms with Crippen LogP contribution < -0.4 is 5.32 Å². The number of benzene rings is 1. The van der Waals surface area contributed by atoms with Crippen molar-refractivity contribution in [3.63, 3.8) is 0 Å². The summed E-state index contributed by atoms with van der Waals surface area (Å²) in [5.74, 6) is 0.149. The molecule has 0 spiro atoms. The third kappa shape index (κ3) is 3.59. The molecule has 2 rings (SSSR count). The van der Waals surface area contributed by atoms with Gasteiger partial charge in [-0.2, -0.15) is 13.2 Å². The van der Waals surface area contributed by atoms with E-state index in [1.54, 1.807) is 19.1 Å².